The van der Waals surface area contributed by atoms with Gasteiger partial charge in [0, 0.05) is 6.61 Å². The van der Waals surface area contributed by atoms with E-state index in [9.17, 15) is 4.79 Å². The Morgan fingerprint density at radius 3 is 3.10 bits per heavy atom. The van der Waals surface area contributed by atoms with Crippen molar-refractivity contribution in [1.29, 1.82) is 0 Å². The molecule has 0 aromatic rings. The number of hydrogen-bond acceptors (Lipinski definition) is 2. The largest absolute Gasteiger partial charge is 0.368 e. The maximum atomic E-state index is 10.9. The van der Waals surface area contributed by atoms with Crippen LogP contribution < -0.4 is 5.32 Å². The Balaban J connectivity index is 2.32. The molecular formula is C7H11NO2. The van der Waals surface area contributed by atoms with Crippen LogP contribution in [0.2, 0.25) is 0 Å². The number of nitrogens with one attached hydrogen (secondary N) is 1. The summed E-state index contributed by atoms with van der Waals surface area (Å²) in [6.45, 7) is 4.09. The van der Waals surface area contributed by atoms with Crippen molar-refractivity contribution in [1.82, 2.24) is 5.32 Å². The molecule has 10 heavy (non-hydrogen) atoms. The van der Waals surface area contributed by atoms with Crippen molar-refractivity contribution in [3.63, 3.8) is 0 Å². The van der Waals surface area contributed by atoms with Gasteiger partial charge in [0.15, 0.2) is 0 Å². The normalized spacial score (nSPS) is 24.2. The molecular weight excluding hydrogens is 130 g/mol. The number of carbonyl (C=O) groups is 1. The van der Waals surface area contributed by atoms with Gasteiger partial charge in [0.25, 0.3) is 5.91 Å². The summed E-state index contributed by atoms with van der Waals surface area (Å²) in [5, 5.41) is 2.49. The van der Waals surface area contributed by atoms with Crippen LogP contribution in [0.1, 0.15) is 12.8 Å². The van der Waals surface area contributed by atoms with Crippen LogP contribution in [0.3, 0.4) is 0 Å². The third kappa shape index (κ3) is 1.57. The highest BCUT2D eigenvalue weighted by Crippen LogP contribution is 2.11. The van der Waals surface area contributed by atoms with Gasteiger partial charge in [-0.1, -0.05) is 6.58 Å². The lowest BCUT2D eigenvalue weighted by Gasteiger charge is -2.05. The first-order valence-electron chi connectivity index (χ1n) is 3.37. The van der Waals surface area contributed by atoms with Crippen LogP contribution in [-0.2, 0) is 9.53 Å². The Morgan fingerprint density at radius 2 is 2.60 bits per heavy atom. The minimum atomic E-state index is -0.238. The maximum absolute atomic E-state index is 10.9. The monoisotopic (exact) mass is 141 g/mol. The zero-order valence-corrected chi connectivity index (χ0v) is 5.80. The molecule has 0 bridgehead atoms. The van der Waals surface area contributed by atoms with Crippen LogP contribution in [0.4, 0.5) is 0 Å². The predicted molar refractivity (Wildman–Crippen MR) is 37.3 cm³/mol. The second-order valence-electron chi connectivity index (χ2n) is 2.21. The summed E-state index contributed by atoms with van der Waals surface area (Å²) >= 11 is 0. The topological polar surface area (TPSA) is 38.3 Å². The fourth-order valence-corrected chi connectivity index (χ4v) is 0.978. The van der Waals surface area contributed by atoms with Crippen LogP contribution in [0, 0.1) is 0 Å². The number of carbonyl (C=O) groups excluding carboxylic acids is 1. The van der Waals surface area contributed by atoms with Crippen LogP contribution in [0.15, 0.2) is 12.8 Å². The third-order valence-electron chi connectivity index (χ3n) is 1.47. The van der Waals surface area contributed by atoms with Gasteiger partial charge in [0.1, 0.15) is 6.10 Å². The fraction of sp³-hybridized carbons (Fsp3) is 0.571. The average molecular weight is 141 g/mol. The highest BCUT2D eigenvalue weighted by Gasteiger charge is 2.22. The summed E-state index contributed by atoms with van der Waals surface area (Å²) in [6, 6.07) is 0. The van der Waals surface area contributed by atoms with E-state index in [0.29, 0.717) is 6.61 Å². The van der Waals surface area contributed by atoms with Gasteiger partial charge in [0.2, 0.25) is 0 Å². The quantitative estimate of drug-likeness (QED) is 0.605. The number of ether oxygens (including phenoxy) is 1. The zero-order valence-electron chi connectivity index (χ0n) is 5.80. The Labute approximate surface area is 60.1 Å². The van der Waals surface area contributed by atoms with Crippen molar-refractivity contribution in [3.8, 4) is 0 Å². The molecule has 0 spiro atoms. The molecule has 0 aromatic carbocycles. The zero-order chi connectivity index (χ0) is 7.40. The summed E-state index contributed by atoms with van der Waals surface area (Å²) in [5.41, 5.74) is 0. The molecule has 1 fully saturated rings. The van der Waals surface area contributed by atoms with E-state index < -0.39 is 0 Å². The van der Waals surface area contributed by atoms with E-state index >= 15 is 0 Å². The molecule has 0 saturated carbocycles. The van der Waals surface area contributed by atoms with Crippen molar-refractivity contribution in [2.45, 2.75) is 18.9 Å². The van der Waals surface area contributed by atoms with Gasteiger partial charge in [-0.05, 0) is 19.0 Å². The molecule has 1 heterocycles. The number of hydrogen-bond donors (Lipinski definition) is 1. The van der Waals surface area contributed by atoms with Gasteiger partial charge < -0.3 is 10.1 Å². The van der Waals surface area contributed by atoms with Gasteiger partial charge in [-0.2, -0.15) is 0 Å². The van der Waals surface area contributed by atoms with Crippen molar-refractivity contribution in [2.75, 3.05) is 6.61 Å². The van der Waals surface area contributed by atoms with Gasteiger partial charge in [-0.15, -0.1) is 0 Å². The summed E-state index contributed by atoms with van der Waals surface area (Å²) in [6.07, 6.45) is 2.96. The lowest BCUT2D eigenvalue weighted by molar-refractivity contribution is -0.129. The molecule has 1 aliphatic heterocycles. The first-order chi connectivity index (χ1) is 4.84. The molecule has 3 nitrogen and oxygen atoms in total. The van der Waals surface area contributed by atoms with Crippen molar-refractivity contribution in [3.05, 3.63) is 12.8 Å². The van der Waals surface area contributed by atoms with Gasteiger partial charge in [-0.3, -0.25) is 4.79 Å². The Bertz CT molecular complexity index is 139. The van der Waals surface area contributed by atoms with E-state index in [1.807, 2.05) is 0 Å². The van der Waals surface area contributed by atoms with Crippen molar-refractivity contribution < 1.29 is 9.53 Å². The van der Waals surface area contributed by atoms with E-state index in [1.165, 1.54) is 6.20 Å². The van der Waals surface area contributed by atoms with E-state index in [2.05, 4.69) is 11.9 Å². The molecule has 1 atom stereocenters. The average Bonchev–Trinajstić information content (AvgIpc) is 2.38. The summed E-state index contributed by atoms with van der Waals surface area (Å²) < 4.78 is 5.11. The number of amides is 1. The Hall–Kier alpha value is -0.830. The Kier molecular flexibility index (Phi) is 2.45. The fourth-order valence-electron chi connectivity index (χ4n) is 0.978. The summed E-state index contributed by atoms with van der Waals surface area (Å²) in [5.74, 6) is -0.0764. The standard InChI is InChI=1S/C7H11NO2/c1-2-8-7(9)6-4-3-5-10-6/h2,6H,1,3-5H2,(H,8,9). The molecule has 56 valence electrons. The first-order valence-corrected chi connectivity index (χ1v) is 3.37. The highest BCUT2D eigenvalue weighted by atomic mass is 16.5. The smallest absolute Gasteiger partial charge is 0.253 e. The molecule has 0 radical (unpaired) electrons. The van der Waals surface area contributed by atoms with Gasteiger partial charge in [-0.25, -0.2) is 0 Å². The molecule has 1 aliphatic rings. The van der Waals surface area contributed by atoms with Crippen LogP contribution in [0.25, 0.3) is 0 Å². The van der Waals surface area contributed by atoms with E-state index in [1.54, 1.807) is 0 Å². The molecule has 1 rings (SSSR count). The Morgan fingerprint density at radius 1 is 1.80 bits per heavy atom. The minimum absolute atomic E-state index is 0.0764. The van der Waals surface area contributed by atoms with Crippen LogP contribution in [0.5, 0.6) is 0 Å². The molecule has 0 aliphatic carbocycles. The predicted octanol–water partition coefficient (Wildman–Crippen LogP) is 0.425. The third-order valence-corrected chi connectivity index (χ3v) is 1.47. The second-order valence-corrected chi connectivity index (χ2v) is 2.21. The number of rotatable bonds is 2. The van der Waals surface area contributed by atoms with E-state index in [-0.39, 0.29) is 12.0 Å². The molecule has 1 N–H and O–H groups in total. The molecule has 0 aromatic heterocycles. The lowest BCUT2D eigenvalue weighted by atomic mass is 10.2. The van der Waals surface area contributed by atoms with Gasteiger partial charge >= 0.3 is 0 Å². The molecule has 1 amide bonds. The van der Waals surface area contributed by atoms with Crippen LogP contribution in [-0.4, -0.2) is 18.6 Å². The van der Waals surface area contributed by atoms with Crippen molar-refractivity contribution in [2.24, 2.45) is 0 Å². The molecule has 3 heteroatoms. The summed E-state index contributed by atoms with van der Waals surface area (Å²) in [7, 11) is 0. The van der Waals surface area contributed by atoms with E-state index in [4.69, 9.17) is 4.74 Å². The van der Waals surface area contributed by atoms with E-state index in [0.717, 1.165) is 12.8 Å². The summed E-state index contributed by atoms with van der Waals surface area (Å²) in [4.78, 5) is 10.9. The first kappa shape index (κ1) is 7.28. The van der Waals surface area contributed by atoms with Crippen LogP contribution >= 0.6 is 0 Å². The lowest BCUT2D eigenvalue weighted by Crippen LogP contribution is -2.30. The highest BCUT2D eigenvalue weighted by molar-refractivity contribution is 5.81. The SMILES string of the molecule is C=CNC(=O)C1CCCO1. The second kappa shape index (κ2) is 3.37. The van der Waals surface area contributed by atoms with Gasteiger partial charge in [0.05, 0.1) is 0 Å². The maximum Gasteiger partial charge on any atom is 0.253 e. The van der Waals surface area contributed by atoms with Crippen molar-refractivity contribution >= 4 is 5.91 Å². The molecule has 1 unspecified atom stereocenters. The molecule has 1 saturated heterocycles. The minimum Gasteiger partial charge on any atom is -0.368 e.